The van der Waals surface area contributed by atoms with Crippen LogP contribution in [0.4, 0.5) is 10.5 Å². The maximum Gasteiger partial charge on any atom is 0.411 e. The molecule has 2 heterocycles. The summed E-state index contributed by atoms with van der Waals surface area (Å²) in [6.07, 6.45) is 1.86. The molecule has 2 amide bonds. The molecule has 180 valence electrons. The van der Waals surface area contributed by atoms with Gasteiger partial charge in [0.1, 0.15) is 12.3 Å². The van der Waals surface area contributed by atoms with Crippen LogP contribution in [0.25, 0.3) is 11.1 Å². The number of hydrogen-bond acceptors (Lipinski definition) is 5. The normalized spacial score (nSPS) is 16.9. The lowest BCUT2D eigenvalue weighted by Gasteiger charge is -2.30. The van der Waals surface area contributed by atoms with E-state index in [2.05, 4.69) is 22.5 Å². The second-order valence-corrected chi connectivity index (χ2v) is 8.91. The topological polar surface area (TPSA) is 114 Å². The van der Waals surface area contributed by atoms with Gasteiger partial charge >= 0.3 is 12.1 Å². The maximum absolute atomic E-state index is 13.2. The molecule has 2 N–H and O–H groups in total. The Morgan fingerprint density at radius 1 is 1.09 bits per heavy atom. The fourth-order valence-corrected chi connectivity index (χ4v) is 5.04. The summed E-state index contributed by atoms with van der Waals surface area (Å²) < 4.78 is 6.97. The molecule has 9 heteroatoms. The molecule has 0 spiro atoms. The molecule has 2 aliphatic rings. The number of carboxylic acid groups (broad SMARTS) is 1. The summed E-state index contributed by atoms with van der Waals surface area (Å²) in [7, 11) is 1.61. The van der Waals surface area contributed by atoms with Crippen LogP contribution < -0.4 is 5.32 Å². The van der Waals surface area contributed by atoms with Gasteiger partial charge in [-0.1, -0.05) is 48.5 Å². The lowest BCUT2D eigenvalue weighted by Crippen LogP contribution is -2.43. The number of benzene rings is 2. The van der Waals surface area contributed by atoms with E-state index in [4.69, 9.17) is 4.74 Å². The molecule has 0 bridgehead atoms. The van der Waals surface area contributed by atoms with E-state index >= 15 is 0 Å². The minimum absolute atomic E-state index is 0.0792. The fourth-order valence-electron chi connectivity index (χ4n) is 5.04. The van der Waals surface area contributed by atoms with Crippen molar-refractivity contribution in [2.75, 3.05) is 25.0 Å². The van der Waals surface area contributed by atoms with Crippen LogP contribution in [-0.2, 0) is 16.6 Å². The lowest BCUT2D eigenvalue weighted by molar-refractivity contribution is -0.143. The molecule has 35 heavy (non-hydrogen) atoms. The van der Waals surface area contributed by atoms with Crippen LogP contribution in [0.3, 0.4) is 0 Å². The molecule has 0 unspecified atom stereocenters. The number of carboxylic acids is 1. The van der Waals surface area contributed by atoms with E-state index in [1.165, 1.54) is 15.8 Å². The Labute approximate surface area is 202 Å². The van der Waals surface area contributed by atoms with Gasteiger partial charge in [-0.05, 0) is 35.1 Å². The Morgan fingerprint density at radius 3 is 2.40 bits per heavy atom. The number of aryl methyl sites for hydroxylation is 1. The minimum atomic E-state index is -0.913. The second kappa shape index (κ2) is 9.25. The van der Waals surface area contributed by atoms with Crippen molar-refractivity contribution in [3.05, 3.63) is 71.5 Å². The molecule has 2 aromatic carbocycles. The highest BCUT2D eigenvalue weighted by molar-refractivity contribution is 6.01. The van der Waals surface area contributed by atoms with Crippen molar-refractivity contribution >= 4 is 23.7 Å². The number of nitrogens with zero attached hydrogens (tertiary/aromatic N) is 3. The van der Waals surface area contributed by atoms with Gasteiger partial charge in [-0.2, -0.15) is 5.10 Å². The molecular weight excluding hydrogens is 448 g/mol. The molecule has 9 nitrogen and oxygen atoms in total. The third-order valence-corrected chi connectivity index (χ3v) is 6.78. The van der Waals surface area contributed by atoms with Crippen LogP contribution in [-0.4, -0.2) is 57.5 Å². The van der Waals surface area contributed by atoms with Crippen molar-refractivity contribution in [2.24, 2.45) is 13.0 Å². The summed E-state index contributed by atoms with van der Waals surface area (Å²) >= 11 is 0. The fraction of sp³-hybridized carbons (Fsp3) is 0.308. The van der Waals surface area contributed by atoms with E-state index in [0.29, 0.717) is 19.4 Å². The number of aliphatic carboxylic acids is 1. The molecular formula is C26H26N4O5. The van der Waals surface area contributed by atoms with Gasteiger partial charge in [0, 0.05) is 26.1 Å². The first-order valence-electron chi connectivity index (χ1n) is 11.6. The van der Waals surface area contributed by atoms with Crippen LogP contribution in [0.2, 0.25) is 0 Å². The van der Waals surface area contributed by atoms with E-state index in [1.54, 1.807) is 7.05 Å². The third-order valence-electron chi connectivity index (χ3n) is 6.78. The molecule has 1 fully saturated rings. The van der Waals surface area contributed by atoms with Crippen molar-refractivity contribution in [1.29, 1.82) is 0 Å². The molecule has 1 aromatic heterocycles. The number of nitrogens with one attached hydrogen (secondary N) is 1. The molecule has 3 aromatic rings. The maximum atomic E-state index is 13.2. The zero-order valence-electron chi connectivity index (χ0n) is 19.3. The highest BCUT2D eigenvalue weighted by atomic mass is 16.5. The number of likely N-dealkylation sites (tertiary alicyclic amines) is 1. The number of piperidine rings is 1. The number of hydrogen-bond donors (Lipinski definition) is 2. The Kier molecular flexibility index (Phi) is 5.98. The first kappa shape index (κ1) is 22.6. The number of carbonyl (C=O) groups is 3. The van der Waals surface area contributed by atoms with Gasteiger partial charge < -0.3 is 14.7 Å². The first-order chi connectivity index (χ1) is 16.9. The molecule has 5 rings (SSSR count). The molecule has 1 aliphatic carbocycles. The number of ether oxygens (including phenoxy) is 1. The molecule has 1 atom stereocenters. The Hall–Kier alpha value is -4.14. The Morgan fingerprint density at radius 2 is 1.74 bits per heavy atom. The van der Waals surface area contributed by atoms with Crippen molar-refractivity contribution in [2.45, 2.75) is 18.8 Å². The van der Waals surface area contributed by atoms with Crippen LogP contribution in [0.15, 0.2) is 54.7 Å². The SMILES string of the molecule is Cn1ncc(NC(=O)OCC2c3ccccc3-c3ccccc32)c1C(=O)N1CCC[C@H](C(=O)O)C1. The summed E-state index contributed by atoms with van der Waals surface area (Å²) in [4.78, 5) is 38.8. The summed E-state index contributed by atoms with van der Waals surface area (Å²) in [6, 6.07) is 16.2. The average molecular weight is 475 g/mol. The second-order valence-electron chi connectivity index (χ2n) is 8.91. The van der Waals surface area contributed by atoms with Gasteiger partial charge in [0.2, 0.25) is 0 Å². The average Bonchev–Trinajstić information content (AvgIpc) is 3.39. The Bertz CT molecular complexity index is 1250. The number of anilines is 1. The third kappa shape index (κ3) is 4.25. The van der Waals surface area contributed by atoms with Crippen molar-refractivity contribution in [3.8, 4) is 11.1 Å². The predicted octanol–water partition coefficient (Wildman–Crippen LogP) is 3.72. The van der Waals surface area contributed by atoms with E-state index in [1.807, 2.05) is 36.4 Å². The minimum Gasteiger partial charge on any atom is -0.481 e. The van der Waals surface area contributed by atoms with Crippen molar-refractivity contribution < 1.29 is 24.2 Å². The van der Waals surface area contributed by atoms with Gasteiger partial charge in [-0.25, -0.2) is 4.79 Å². The summed E-state index contributed by atoms with van der Waals surface area (Å²) in [5.41, 5.74) is 4.90. The van der Waals surface area contributed by atoms with Crippen molar-refractivity contribution in [1.82, 2.24) is 14.7 Å². The zero-order valence-corrected chi connectivity index (χ0v) is 19.3. The quantitative estimate of drug-likeness (QED) is 0.583. The zero-order chi connectivity index (χ0) is 24.5. The van der Waals surface area contributed by atoms with Crippen LogP contribution in [0.1, 0.15) is 40.4 Å². The van der Waals surface area contributed by atoms with Gasteiger partial charge in [0.15, 0.2) is 0 Å². The summed E-state index contributed by atoms with van der Waals surface area (Å²) in [6.45, 7) is 0.734. The van der Waals surface area contributed by atoms with E-state index < -0.39 is 18.0 Å². The number of amides is 2. The highest BCUT2D eigenvalue weighted by Gasteiger charge is 2.32. The first-order valence-corrected chi connectivity index (χ1v) is 11.6. The summed E-state index contributed by atoms with van der Waals surface area (Å²) in [5.74, 6) is -1.96. The highest BCUT2D eigenvalue weighted by Crippen LogP contribution is 2.44. The van der Waals surface area contributed by atoms with E-state index in [0.717, 1.165) is 22.3 Å². The van der Waals surface area contributed by atoms with Crippen molar-refractivity contribution in [3.63, 3.8) is 0 Å². The number of rotatable bonds is 5. The molecule has 1 aliphatic heterocycles. The predicted molar refractivity (Wildman–Crippen MR) is 128 cm³/mol. The smallest absolute Gasteiger partial charge is 0.411 e. The molecule has 0 radical (unpaired) electrons. The monoisotopic (exact) mass is 474 g/mol. The molecule has 1 saturated heterocycles. The van der Waals surface area contributed by atoms with Gasteiger partial charge in [-0.15, -0.1) is 0 Å². The number of aromatic nitrogens is 2. The standard InChI is InChI=1S/C26H26N4O5/c1-29-23(24(31)30-12-6-7-16(14-30)25(32)33)22(13-27-29)28-26(34)35-15-21-19-10-4-2-8-17(19)18-9-3-5-11-20(18)21/h2-5,8-11,13,16,21H,6-7,12,14-15H2,1H3,(H,28,34)(H,32,33)/t16-/m0/s1. The van der Waals surface area contributed by atoms with Crippen LogP contribution in [0.5, 0.6) is 0 Å². The lowest BCUT2D eigenvalue weighted by atomic mass is 9.98. The van der Waals surface area contributed by atoms with E-state index in [9.17, 15) is 19.5 Å². The largest absolute Gasteiger partial charge is 0.481 e. The van der Waals surface area contributed by atoms with Gasteiger partial charge in [-0.3, -0.25) is 19.6 Å². The number of fused-ring (bicyclic) bond motifs is 3. The van der Waals surface area contributed by atoms with Gasteiger partial charge in [0.05, 0.1) is 17.8 Å². The molecule has 0 saturated carbocycles. The Balaban J connectivity index is 1.28. The number of carbonyl (C=O) groups excluding carboxylic acids is 2. The van der Waals surface area contributed by atoms with Gasteiger partial charge in [0.25, 0.3) is 5.91 Å². The van der Waals surface area contributed by atoms with Crippen LogP contribution in [0, 0.1) is 5.92 Å². The van der Waals surface area contributed by atoms with Crippen LogP contribution >= 0.6 is 0 Å². The van der Waals surface area contributed by atoms with E-state index in [-0.39, 0.29) is 36.4 Å². The summed E-state index contributed by atoms with van der Waals surface area (Å²) in [5, 5.41) is 16.1.